The molecule has 3 rings (SSSR count). The lowest BCUT2D eigenvalue weighted by atomic mass is 9.78. The molecule has 2 saturated heterocycles. The van der Waals surface area contributed by atoms with Gasteiger partial charge in [0.05, 0.1) is 36.8 Å². The van der Waals surface area contributed by atoms with Crippen LogP contribution in [0.2, 0.25) is 0 Å². The maximum Gasteiger partial charge on any atom is 0.310 e. The Morgan fingerprint density at radius 1 is 1.27 bits per heavy atom. The minimum Gasteiger partial charge on any atom is -0.495 e. The molecule has 0 unspecified atom stereocenters. The van der Waals surface area contributed by atoms with Crippen molar-refractivity contribution in [3.8, 4) is 5.75 Å². The fourth-order valence-corrected chi connectivity index (χ4v) is 3.46. The quantitative estimate of drug-likeness (QED) is 0.886. The van der Waals surface area contributed by atoms with Gasteiger partial charge in [-0.05, 0) is 37.5 Å². The summed E-state index contributed by atoms with van der Waals surface area (Å²) >= 11 is 0. The van der Waals surface area contributed by atoms with E-state index in [1.165, 1.54) is 7.11 Å². The van der Waals surface area contributed by atoms with Crippen molar-refractivity contribution in [2.45, 2.75) is 32.0 Å². The van der Waals surface area contributed by atoms with Crippen LogP contribution in [0, 0.1) is 18.8 Å². The number of nitrogens with one attached hydrogen (secondary N) is 1. The van der Waals surface area contributed by atoms with Gasteiger partial charge in [0.2, 0.25) is 5.91 Å². The lowest BCUT2D eigenvalue weighted by Crippen LogP contribution is -2.41. The van der Waals surface area contributed by atoms with Gasteiger partial charge in [0.15, 0.2) is 0 Å². The van der Waals surface area contributed by atoms with Gasteiger partial charge in [0.1, 0.15) is 5.75 Å². The third-order valence-corrected chi connectivity index (χ3v) is 4.47. The van der Waals surface area contributed by atoms with Crippen molar-refractivity contribution < 1.29 is 24.2 Å². The minimum absolute atomic E-state index is 0.304. The molecule has 4 atom stereocenters. The molecular formula is C16H19NO5. The summed E-state index contributed by atoms with van der Waals surface area (Å²) < 4.78 is 10.9. The molecule has 2 aliphatic rings. The molecule has 2 bridgehead atoms. The number of carbonyl (C=O) groups is 2. The zero-order valence-electron chi connectivity index (χ0n) is 12.5. The molecule has 0 aromatic heterocycles. The monoisotopic (exact) mass is 305 g/mol. The van der Waals surface area contributed by atoms with Crippen molar-refractivity contribution in [2.24, 2.45) is 11.8 Å². The summed E-state index contributed by atoms with van der Waals surface area (Å²) in [6.07, 6.45) is 0.788. The highest BCUT2D eigenvalue weighted by Crippen LogP contribution is 2.44. The third-order valence-electron chi connectivity index (χ3n) is 4.47. The van der Waals surface area contributed by atoms with Crippen LogP contribution in [-0.4, -0.2) is 36.3 Å². The van der Waals surface area contributed by atoms with Gasteiger partial charge in [-0.3, -0.25) is 9.59 Å². The number of hydrogen-bond donors (Lipinski definition) is 2. The Labute approximate surface area is 128 Å². The summed E-state index contributed by atoms with van der Waals surface area (Å²) in [6, 6.07) is 5.46. The number of aliphatic carboxylic acids is 1. The zero-order valence-corrected chi connectivity index (χ0v) is 12.5. The van der Waals surface area contributed by atoms with E-state index in [-0.39, 0.29) is 18.1 Å². The standard InChI is InChI=1S/C16H19NO5/c1-8-3-4-10(21-2)9(7-8)17-15(18)13-11-5-6-12(22-11)14(13)16(19)20/h3-4,7,11-14H,5-6H2,1-2H3,(H,17,18)(H,19,20)/t11-,12-,13+,14-/m0/s1. The number of carboxylic acid groups (broad SMARTS) is 1. The Bertz CT molecular complexity index is 615. The molecule has 2 N–H and O–H groups in total. The molecular weight excluding hydrogens is 286 g/mol. The van der Waals surface area contributed by atoms with Gasteiger partial charge >= 0.3 is 5.97 Å². The van der Waals surface area contributed by atoms with Crippen molar-refractivity contribution in [2.75, 3.05) is 12.4 Å². The average Bonchev–Trinajstić information content (AvgIpc) is 3.08. The van der Waals surface area contributed by atoms with E-state index < -0.39 is 17.8 Å². The number of aryl methyl sites for hydroxylation is 1. The summed E-state index contributed by atoms with van der Waals surface area (Å²) in [6.45, 7) is 1.91. The number of amides is 1. The molecule has 2 heterocycles. The molecule has 0 aliphatic carbocycles. The van der Waals surface area contributed by atoms with Crippen molar-refractivity contribution in [1.82, 2.24) is 0 Å². The first kappa shape index (κ1) is 14.8. The maximum absolute atomic E-state index is 12.6. The molecule has 2 aliphatic heterocycles. The van der Waals surface area contributed by atoms with E-state index in [1.807, 2.05) is 13.0 Å². The molecule has 2 fully saturated rings. The van der Waals surface area contributed by atoms with Crippen LogP contribution in [0.1, 0.15) is 18.4 Å². The highest BCUT2D eigenvalue weighted by atomic mass is 16.5. The van der Waals surface area contributed by atoms with Gasteiger partial charge in [0.25, 0.3) is 0 Å². The summed E-state index contributed by atoms with van der Waals surface area (Å²) in [5, 5.41) is 12.2. The Hall–Kier alpha value is -2.08. The second-order valence-electron chi connectivity index (χ2n) is 5.87. The molecule has 1 aromatic carbocycles. The van der Waals surface area contributed by atoms with Gasteiger partial charge in [-0.25, -0.2) is 0 Å². The molecule has 0 radical (unpaired) electrons. The van der Waals surface area contributed by atoms with Crippen LogP contribution in [0.15, 0.2) is 18.2 Å². The number of carbonyl (C=O) groups excluding carboxylic acids is 1. The van der Waals surface area contributed by atoms with Gasteiger partial charge in [-0.1, -0.05) is 6.07 Å². The van der Waals surface area contributed by atoms with E-state index in [9.17, 15) is 14.7 Å². The number of methoxy groups -OCH3 is 1. The van der Waals surface area contributed by atoms with E-state index in [2.05, 4.69) is 5.32 Å². The lowest BCUT2D eigenvalue weighted by molar-refractivity contribution is -0.147. The van der Waals surface area contributed by atoms with Crippen molar-refractivity contribution in [3.05, 3.63) is 23.8 Å². The van der Waals surface area contributed by atoms with Crippen molar-refractivity contribution >= 4 is 17.6 Å². The Kier molecular flexibility index (Phi) is 3.78. The van der Waals surface area contributed by atoms with Crippen LogP contribution in [0.25, 0.3) is 0 Å². The van der Waals surface area contributed by atoms with Crippen LogP contribution in [0.5, 0.6) is 5.75 Å². The molecule has 22 heavy (non-hydrogen) atoms. The van der Waals surface area contributed by atoms with Crippen LogP contribution < -0.4 is 10.1 Å². The van der Waals surface area contributed by atoms with Crippen LogP contribution >= 0.6 is 0 Å². The lowest BCUT2D eigenvalue weighted by Gasteiger charge is -2.24. The molecule has 6 heteroatoms. The number of benzene rings is 1. The van der Waals surface area contributed by atoms with Crippen molar-refractivity contribution in [1.29, 1.82) is 0 Å². The molecule has 6 nitrogen and oxygen atoms in total. The maximum atomic E-state index is 12.6. The first-order chi connectivity index (χ1) is 10.5. The second-order valence-corrected chi connectivity index (χ2v) is 5.87. The van der Waals surface area contributed by atoms with Gasteiger partial charge in [0, 0.05) is 0 Å². The molecule has 1 amide bonds. The fourth-order valence-electron chi connectivity index (χ4n) is 3.46. The Balaban J connectivity index is 1.82. The number of anilines is 1. The zero-order chi connectivity index (χ0) is 15.9. The number of fused-ring (bicyclic) bond motifs is 2. The summed E-state index contributed by atoms with van der Waals surface area (Å²) in [5.74, 6) is -2.15. The number of carboxylic acids is 1. The number of hydrogen-bond acceptors (Lipinski definition) is 4. The normalized spacial score (nSPS) is 29.4. The molecule has 1 aromatic rings. The number of ether oxygens (including phenoxy) is 2. The van der Waals surface area contributed by atoms with Crippen LogP contribution in [0.3, 0.4) is 0 Å². The first-order valence-corrected chi connectivity index (χ1v) is 7.35. The summed E-state index contributed by atoms with van der Waals surface area (Å²) in [4.78, 5) is 24.0. The highest BCUT2D eigenvalue weighted by Gasteiger charge is 2.55. The van der Waals surface area contributed by atoms with E-state index >= 15 is 0 Å². The second kappa shape index (κ2) is 5.61. The first-order valence-electron chi connectivity index (χ1n) is 7.35. The molecule has 0 spiro atoms. The van der Waals surface area contributed by atoms with E-state index in [0.717, 1.165) is 12.0 Å². The predicted octanol–water partition coefficient (Wildman–Crippen LogP) is 1.82. The van der Waals surface area contributed by atoms with Gasteiger partial charge < -0.3 is 19.9 Å². The van der Waals surface area contributed by atoms with E-state index in [1.54, 1.807) is 12.1 Å². The fraction of sp³-hybridized carbons (Fsp3) is 0.500. The summed E-state index contributed by atoms with van der Waals surface area (Å²) in [5.41, 5.74) is 1.54. The Morgan fingerprint density at radius 3 is 2.59 bits per heavy atom. The third kappa shape index (κ3) is 2.43. The van der Waals surface area contributed by atoms with E-state index in [4.69, 9.17) is 9.47 Å². The van der Waals surface area contributed by atoms with Crippen LogP contribution in [-0.2, 0) is 14.3 Å². The van der Waals surface area contributed by atoms with Crippen LogP contribution in [0.4, 0.5) is 5.69 Å². The van der Waals surface area contributed by atoms with Gasteiger partial charge in [-0.15, -0.1) is 0 Å². The van der Waals surface area contributed by atoms with Gasteiger partial charge in [-0.2, -0.15) is 0 Å². The molecule has 0 saturated carbocycles. The van der Waals surface area contributed by atoms with E-state index in [0.29, 0.717) is 17.9 Å². The molecule has 118 valence electrons. The number of rotatable bonds is 4. The minimum atomic E-state index is -0.969. The van der Waals surface area contributed by atoms with Crippen molar-refractivity contribution in [3.63, 3.8) is 0 Å². The SMILES string of the molecule is COc1ccc(C)cc1NC(=O)[C@H]1[C@@H](C(=O)O)[C@@H]2CC[C@@H]1O2. The average molecular weight is 305 g/mol. The summed E-state index contributed by atoms with van der Waals surface area (Å²) in [7, 11) is 1.53. The Morgan fingerprint density at radius 2 is 1.95 bits per heavy atom. The smallest absolute Gasteiger partial charge is 0.310 e. The largest absolute Gasteiger partial charge is 0.495 e. The topological polar surface area (TPSA) is 84.9 Å². The predicted molar refractivity (Wildman–Crippen MR) is 78.9 cm³/mol. The highest BCUT2D eigenvalue weighted by molar-refractivity contribution is 5.97.